The molecule has 0 bridgehead atoms. The summed E-state index contributed by atoms with van der Waals surface area (Å²) in [4.78, 5) is 22.6. The highest BCUT2D eigenvalue weighted by Crippen LogP contribution is 2.30. The highest BCUT2D eigenvalue weighted by molar-refractivity contribution is 5.70. The number of carbonyl (C=O) groups is 1. The molecule has 0 amide bonds. The lowest BCUT2D eigenvalue weighted by Crippen LogP contribution is -2.41. The van der Waals surface area contributed by atoms with Gasteiger partial charge in [-0.1, -0.05) is 12.1 Å². The van der Waals surface area contributed by atoms with Gasteiger partial charge in [-0.05, 0) is 50.1 Å². The Morgan fingerprint density at radius 3 is 2.74 bits per heavy atom. The number of piperidine rings is 1. The Labute approximate surface area is 136 Å². The number of aryl methyl sites for hydroxylation is 1. The van der Waals surface area contributed by atoms with Crippen molar-refractivity contribution >= 4 is 5.97 Å². The Kier molecular flexibility index (Phi) is 4.67. The topological polar surface area (TPSA) is 66.3 Å². The molecule has 1 saturated heterocycles. The molecule has 23 heavy (non-hydrogen) atoms. The summed E-state index contributed by atoms with van der Waals surface area (Å²) in [5.74, 6) is -1.04. The predicted octanol–water partition coefficient (Wildman–Crippen LogP) is 2.67. The van der Waals surface area contributed by atoms with Crippen molar-refractivity contribution in [2.24, 2.45) is 5.92 Å². The van der Waals surface area contributed by atoms with Crippen LogP contribution in [0.3, 0.4) is 0 Å². The largest absolute Gasteiger partial charge is 0.481 e. The molecule has 120 valence electrons. The molecule has 0 aliphatic carbocycles. The van der Waals surface area contributed by atoms with Crippen LogP contribution in [0.25, 0.3) is 0 Å². The summed E-state index contributed by atoms with van der Waals surface area (Å²) in [5.41, 5.74) is 2.94. The number of nitrogens with zero attached hydrogens (tertiary/aromatic N) is 3. The standard InChI is InChI=1S/C18H21N3O2/c1-13-7-8-16(20-11-13)17(15-6-2-3-9-19-15)21-10-4-5-14(12-21)18(22)23/h2-3,6-9,11,14,17H,4-5,10,12H2,1H3,(H,22,23). The number of carboxylic acid groups (broad SMARTS) is 1. The predicted molar refractivity (Wildman–Crippen MR) is 87.0 cm³/mol. The van der Waals surface area contributed by atoms with Crippen molar-refractivity contribution in [3.05, 3.63) is 59.7 Å². The van der Waals surface area contributed by atoms with Crippen LogP contribution in [-0.4, -0.2) is 39.0 Å². The summed E-state index contributed by atoms with van der Waals surface area (Å²) in [6, 6.07) is 9.78. The van der Waals surface area contributed by atoms with Crippen molar-refractivity contribution < 1.29 is 9.90 Å². The first-order chi connectivity index (χ1) is 11.1. The average Bonchev–Trinajstić information content (AvgIpc) is 2.58. The first-order valence-electron chi connectivity index (χ1n) is 7.95. The molecule has 3 rings (SSSR count). The number of rotatable bonds is 4. The van der Waals surface area contributed by atoms with Crippen LogP contribution in [0.4, 0.5) is 0 Å². The first-order valence-corrected chi connectivity index (χ1v) is 7.95. The SMILES string of the molecule is Cc1ccc(C(c2ccccn2)N2CCCC(C(=O)O)C2)nc1. The summed E-state index contributed by atoms with van der Waals surface area (Å²) in [6.07, 6.45) is 5.24. The van der Waals surface area contributed by atoms with E-state index in [0.717, 1.165) is 36.3 Å². The molecular weight excluding hydrogens is 290 g/mol. The lowest BCUT2D eigenvalue weighted by atomic mass is 9.95. The fraction of sp³-hybridized carbons (Fsp3) is 0.389. The molecule has 0 spiro atoms. The summed E-state index contributed by atoms with van der Waals surface area (Å²) >= 11 is 0. The normalized spacial score (nSPS) is 20.1. The van der Waals surface area contributed by atoms with Crippen LogP contribution in [-0.2, 0) is 4.79 Å². The number of hydrogen-bond donors (Lipinski definition) is 1. The molecule has 0 radical (unpaired) electrons. The van der Waals surface area contributed by atoms with E-state index in [9.17, 15) is 9.90 Å². The van der Waals surface area contributed by atoms with Gasteiger partial charge in [-0.2, -0.15) is 0 Å². The third-order valence-corrected chi connectivity index (χ3v) is 4.35. The van der Waals surface area contributed by atoms with Gasteiger partial charge in [0.25, 0.3) is 0 Å². The van der Waals surface area contributed by atoms with E-state index >= 15 is 0 Å². The molecule has 1 N–H and O–H groups in total. The lowest BCUT2D eigenvalue weighted by molar-refractivity contribution is -0.143. The molecule has 1 fully saturated rings. The minimum atomic E-state index is -0.716. The van der Waals surface area contributed by atoms with E-state index in [2.05, 4.69) is 14.9 Å². The minimum Gasteiger partial charge on any atom is -0.481 e. The maximum absolute atomic E-state index is 11.4. The van der Waals surface area contributed by atoms with Crippen LogP contribution >= 0.6 is 0 Å². The van der Waals surface area contributed by atoms with Crippen molar-refractivity contribution in [3.8, 4) is 0 Å². The van der Waals surface area contributed by atoms with Crippen molar-refractivity contribution in [2.75, 3.05) is 13.1 Å². The molecule has 0 saturated carbocycles. The van der Waals surface area contributed by atoms with E-state index in [4.69, 9.17) is 0 Å². The summed E-state index contributed by atoms with van der Waals surface area (Å²) < 4.78 is 0. The van der Waals surface area contributed by atoms with Crippen LogP contribution < -0.4 is 0 Å². The first kappa shape index (κ1) is 15.6. The number of pyridine rings is 2. The van der Waals surface area contributed by atoms with E-state index in [0.29, 0.717) is 6.54 Å². The molecule has 2 unspecified atom stereocenters. The Bertz CT molecular complexity index is 658. The van der Waals surface area contributed by atoms with Crippen molar-refractivity contribution in [1.29, 1.82) is 0 Å². The van der Waals surface area contributed by atoms with Gasteiger partial charge >= 0.3 is 5.97 Å². The van der Waals surface area contributed by atoms with Crippen LogP contribution in [0.15, 0.2) is 42.7 Å². The Balaban J connectivity index is 1.95. The van der Waals surface area contributed by atoms with E-state index in [1.54, 1.807) is 6.20 Å². The van der Waals surface area contributed by atoms with Gasteiger partial charge in [-0.15, -0.1) is 0 Å². The fourth-order valence-electron chi connectivity index (χ4n) is 3.15. The van der Waals surface area contributed by atoms with Crippen LogP contribution in [0.2, 0.25) is 0 Å². The van der Waals surface area contributed by atoms with Crippen molar-refractivity contribution in [3.63, 3.8) is 0 Å². The van der Waals surface area contributed by atoms with Gasteiger partial charge in [-0.25, -0.2) is 0 Å². The average molecular weight is 311 g/mol. The summed E-state index contributed by atoms with van der Waals surface area (Å²) in [5, 5.41) is 9.36. The molecule has 5 nitrogen and oxygen atoms in total. The van der Waals surface area contributed by atoms with E-state index in [1.807, 2.05) is 43.5 Å². The Morgan fingerprint density at radius 2 is 2.09 bits per heavy atom. The van der Waals surface area contributed by atoms with Gasteiger partial charge in [0, 0.05) is 18.9 Å². The zero-order chi connectivity index (χ0) is 16.2. The highest BCUT2D eigenvalue weighted by Gasteiger charge is 2.32. The van der Waals surface area contributed by atoms with E-state index < -0.39 is 5.97 Å². The summed E-state index contributed by atoms with van der Waals surface area (Å²) in [7, 11) is 0. The van der Waals surface area contributed by atoms with Gasteiger partial charge < -0.3 is 5.11 Å². The number of likely N-dealkylation sites (tertiary alicyclic amines) is 1. The number of aliphatic carboxylic acids is 1. The third-order valence-electron chi connectivity index (χ3n) is 4.35. The van der Waals surface area contributed by atoms with Crippen molar-refractivity contribution in [1.82, 2.24) is 14.9 Å². The zero-order valence-corrected chi connectivity index (χ0v) is 13.2. The van der Waals surface area contributed by atoms with Crippen molar-refractivity contribution in [2.45, 2.75) is 25.8 Å². The molecule has 1 aliphatic heterocycles. The van der Waals surface area contributed by atoms with Gasteiger partial charge in [0.05, 0.1) is 23.3 Å². The molecule has 2 aromatic rings. The second-order valence-corrected chi connectivity index (χ2v) is 6.09. The van der Waals surface area contributed by atoms with Crippen LogP contribution in [0.5, 0.6) is 0 Å². The summed E-state index contributed by atoms with van der Waals surface area (Å²) in [6.45, 7) is 3.40. The smallest absolute Gasteiger partial charge is 0.307 e. The third kappa shape index (κ3) is 3.56. The Morgan fingerprint density at radius 1 is 1.26 bits per heavy atom. The fourth-order valence-corrected chi connectivity index (χ4v) is 3.15. The van der Waals surface area contributed by atoms with Crippen LogP contribution in [0, 0.1) is 12.8 Å². The lowest BCUT2D eigenvalue weighted by Gasteiger charge is -2.36. The van der Waals surface area contributed by atoms with E-state index in [1.165, 1.54) is 0 Å². The zero-order valence-electron chi connectivity index (χ0n) is 13.2. The number of hydrogen-bond acceptors (Lipinski definition) is 4. The minimum absolute atomic E-state index is 0.0982. The van der Waals surface area contributed by atoms with Gasteiger partial charge in [0.1, 0.15) is 0 Å². The molecule has 3 heterocycles. The van der Waals surface area contributed by atoms with E-state index in [-0.39, 0.29) is 12.0 Å². The molecule has 2 aromatic heterocycles. The van der Waals surface area contributed by atoms with Gasteiger partial charge in [-0.3, -0.25) is 19.7 Å². The van der Waals surface area contributed by atoms with Crippen LogP contribution in [0.1, 0.15) is 35.8 Å². The molecule has 2 atom stereocenters. The second kappa shape index (κ2) is 6.87. The molecular formula is C18H21N3O2. The molecule has 5 heteroatoms. The monoisotopic (exact) mass is 311 g/mol. The Hall–Kier alpha value is -2.27. The maximum Gasteiger partial charge on any atom is 0.307 e. The molecule has 1 aliphatic rings. The maximum atomic E-state index is 11.4. The second-order valence-electron chi connectivity index (χ2n) is 6.09. The number of carboxylic acids is 1. The van der Waals surface area contributed by atoms with Gasteiger partial charge in [0.2, 0.25) is 0 Å². The highest BCUT2D eigenvalue weighted by atomic mass is 16.4. The molecule has 0 aromatic carbocycles. The quantitative estimate of drug-likeness (QED) is 0.940. The van der Waals surface area contributed by atoms with Gasteiger partial charge in [0.15, 0.2) is 0 Å². The number of aromatic nitrogens is 2.